The van der Waals surface area contributed by atoms with Gasteiger partial charge in [-0.25, -0.2) is 0 Å². The van der Waals surface area contributed by atoms with Crippen LogP contribution in [0.4, 0.5) is 17.1 Å². The highest BCUT2D eigenvalue weighted by molar-refractivity contribution is 9.11. The van der Waals surface area contributed by atoms with Crippen molar-refractivity contribution in [1.82, 2.24) is 29.7 Å². The van der Waals surface area contributed by atoms with Gasteiger partial charge in [0, 0.05) is 57.7 Å². The quantitative estimate of drug-likeness (QED) is 0.0626. The van der Waals surface area contributed by atoms with Crippen LogP contribution in [-0.4, -0.2) is 96.5 Å². The number of carbonyl (C=O) groups excluding carboxylic acids is 6. The van der Waals surface area contributed by atoms with Crippen molar-refractivity contribution in [3.8, 4) is 17.2 Å². The number of phenols is 2. The van der Waals surface area contributed by atoms with E-state index in [0.717, 1.165) is 60.9 Å². The number of imide groups is 3. The number of aromatic nitrogens is 3. The van der Waals surface area contributed by atoms with Gasteiger partial charge in [0.1, 0.15) is 39.6 Å². The Morgan fingerprint density at radius 2 is 0.772 bits per heavy atom. The van der Waals surface area contributed by atoms with E-state index in [4.69, 9.17) is 5.73 Å². The van der Waals surface area contributed by atoms with Crippen molar-refractivity contribution in [3.05, 3.63) is 197 Å². The molecule has 92 heavy (non-hydrogen) atoms. The Balaban J connectivity index is 0.000000180. The summed E-state index contributed by atoms with van der Waals surface area (Å²) in [7, 11) is 4.38. The Kier molecular flexibility index (Phi) is 18.0. The number of benzene rings is 7. The van der Waals surface area contributed by atoms with E-state index in [-0.39, 0.29) is 74.2 Å². The first kappa shape index (κ1) is 67.7. The third kappa shape index (κ3) is 13.1. The van der Waals surface area contributed by atoms with E-state index in [1.807, 2.05) is 48.5 Å². The van der Waals surface area contributed by atoms with E-state index in [0.29, 0.717) is 70.5 Å². The number of nitrogens with two attached hydrogens (primary N) is 1. The Morgan fingerprint density at radius 3 is 1.18 bits per heavy atom. The highest BCUT2D eigenvalue weighted by Gasteiger charge is 2.39. The summed E-state index contributed by atoms with van der Waals surface area (Å²) >= 11 is 6.68. The molecular weight excluding hydrogens is 1290 g/mol. The number of amides is 6. The molecule has 0 radical (unpaired) electrons. The number of phenolic OH excluding ortho intramolecular Hbond substituents is 2. The number of anilines is 1. The molecule has 0 bridgehead atoms. The maximum atomic E-state index is 12.6. The van der Waals surface area contributed by atoms with Crippen LogP contribution in [0.2, 0.25) is 0 Å². The minimum absolute atomic E-state index is 0.0613. The normalized spacial score (nSPS) is 14.5. The predicted octanol–water partition coefficient (Wildman–Crippen LogP) is 16.5. The molecule has 17 nitrogen and oxygen atoms in total. The monoisotopic (exact) mass is 1370 g/mol. The maximum absolute atomic E-state index is 12.6. The first-order valence-electron chi connectivity index (χ1n) is 30.2. The van der Waals surface area contributed by atoms with Crippen molar-refractivity contribution in [2.75, 3.05) is 26.9 Å². The molecule has 1 aromatic heterocycles. The standard InChI is InChI=1S/C32H36BrN3O3.C32H36N4O3.C9H7BrN2O2/c1-30(2,3)18-31(4,5)20-14-23(32(6,7)19-12-10-9-11-13-19)27(37)26(15-20)35-34-25-17-22-21(16-24(25)33)28(38)36(8)29(22)39;1-30(2,3)18-31(4,5)20-14-23(32(6,7)19-12-10-9-11-13-19)27(37)26(15-20)36-33-24-16-21-22(17-25(24)34-36)29(39)35(8)28(21)38;1-12-8(13)4-2-6(10)7(11)3-5(4)9(12)14/h2*9-17,37H,18H2,1-8H3;2-3H,11H2,1H3. The second-order valence-electron chi connectivity index (χ2n) is 28.9. The summed E-state index contributed by atoms with van der Waals surface area (Å²) in [4.78, 5) is 77.7. The van der Waals surface area contributed by atoms with Crippen LogP contribution >= 0.6 is 31.9 Å². The average molecular weight is 1370 g/mol. The molecule has 4 heterocycles. The number of rotatable bonds is 11. The molecule has 7 aromatic carbocycles. The number of halogens is 2. The summed E-state index contributed by atoms with van der Waals surface area (Å²) in [5, 5.41) is 41.6. The van der Waals surface area contributed by atoms with Crippen LogP contribution in [0.15, 0.2) is 141 Å². The van der Waals surface area contributed by atoms with E-state index >= 15 is 0 Å². The van der Waals surface area contributed by atoms with Crippen LogP contribution in [0.3, 0.4) is 0 Å². The second-order valence-corrected chi connectivity index (χ2v) is 30.6. The SMILES string of the molecule is CN1C(=O)c2cc(Br)c(N=Nc3cc(C(C)(C)CC(C)(C)C)cc(C(C)(C)c4ccccc4)c3O)cc2C1=O.CN1C(=O)c2cc(N)c(Br)cc2C1=O.CN1C(=O)c2cc3nn(-c4cc(C(C)(C)CC(C)(C)C)cc(C(C)(C)c5ccccc5)c4O)nc3cc2C1=O. The Hall–Kier alpha value is -8.68. The molecule has 0 saturated heterocycles. The topological polar surface area (TPSA) is 234 Å². The number of azo groups is 1. The molecule has 0 saturated carbocycles. The first-order valence-corrected chi connectivity index (χ1v) is 31.8. The number of fused-ring (bicyclic) bond motifs is 4. The van der Waals surface area contributed by atoms with Gasteiger partial charge in [-0.2, -0.15) is 0 Å². The van der Waals surface area contributed by atoms with E-state index < -0.39 is 10.8 Å². The fourth-order valence-electron chi connectivity index (χ4n) is 12.9. The molecule has 478 valence electrons. The van der Waals surface area contributed by atoms with Crippen molar-refractivity contribution < 1.29 is 39.0 Å². The van der Waals surface area contributed by atoms with Gasteiger partial charge in [-0.15, -0.1) is 25.2 Å². The molecule has 3 aliphatic rings. The highest BCUT2D eigenvalue weighted by atomic mass is 79.9. The summed E-state index contributed by atoms with van der Waals surface area (Å²) in [5.41, 5.74) is 14.8. The molecule has 0 spiro atoms. The van der Waals surface area contributed by atoms with Crippen molar-refractivity contribution in [2.45, 2.75) is 131 Å². The van der Waals surface area contributed by atoms with Gasteiger partial charge in [0.05, 0.1) is 33.4 Å². The van der Waals surface area contributed by atoms with Crippen LogP contribution in [0.1, 0.15) is 205 Å². The molecule has 0 atom stereocenters. The molecule has 6 amide bonds. The molecule has 4 N–H and O–H groups in total. The lowest BCUT2D eigenvalue weighted by molar-refractivity contribution is 0.0678. The molecule has 19 heteroatoms. The van der Waals surface area contributed by atoms with Crippen molar-refractivity contribution in [3.63, 3.8) is 0 Å². The molecular formula is C73H79Br2N9O8. The van der Waals surface area contributed by atoms with Crippen molar-refractivity contribution in [2.24, 2.45) is 21.1 Å². The Bertz CT molecular complexity index is 4290. The maximum Gasteiger partial charge on any atom is 0.261 e. The van der Waals surface area contributed by atoms with Gasteiger partial charge in [-0.05, 0) is 137 Å². The number of hydrogen-bond donors (Lipinski definition) is 3. The second kappa shape index (κ2) is 24.4. The summed E-state index contributed by atoms with van der Waals surface area (Å²) in [6, 6.07) is 37.8. The lowest BCUT2D eigenvalue weighted by Gasteiger charge is -2.35. The van der Waals surface area contributed by atoms with Gasteiger partial charge >= 0.3 is 0 Å². The lowest BCUT2D eigenvalue weighted by Crippen LogP contribution is -2.27. The van der Waals surface area contributed by atoms with Gasteiger partial charge in [-0.3, -0.25) is 43.5 Å². The number of aromatic hydroxyl groups is 2. The van der Waals surface area contributed by atoms with E-state index in [1.54, 1.807) is 30.3 Å². The molecule has 0 fully saturated rings. The van der Waals surface area contributed by atoms with Gasteiger partial charge in [0.2, 0.25) is 0 Å². The van der Waals surface area contributed by atoms with Crippen LogP contribution in [0, 0.1) is 10.8 Å². The molecule has 3 aliphatic heterocycles. The van der Waals surface area contributed by atoms with E-state index in [2.05, 4.69) is 186 Å². The molecule has 0 aliphatic carbocycles. The summed E-state index contributed by atoms with van der Waals surface area (Å²) in [6.07, 6.45) is 1.85. The summed E-state index contributed by atoms with van der Waals surface area (Å²) < 4.78 is 1.17. The summed E-state index contributed by atoms with van der Waals surface area (Å²) in [6.45, 7) is 30.6. The van der Waals surface area contributed by atoms with Crippen LogP contribution in [-0.2, 0) is 21.7 Å². The zero-order valence-corrected chi connectivity index (χ0v) is 58.4. The van der Waals surface area contributed by atoms with Crippen LogP contribution in [0.5, 0.6) is 11.5 Å². The third-order valence-corrected chi connectivity index (χ3v) is 18.8. The number of carbonyl (C=O) groups is 6. The van der Waals surface area contributed by atoms with Crippen LogP contribution in [0.25, 0.3) is 16.7 Å². The highest BCUT2D eigenvalue weighted by Crippen LogP contribution is 2.49. The van der Waals surface area contributed by atoms with Gasteiger partial charge in [0.25, 0.3) is 35.4 Å². The summed E-state index contributed by atoms with van der Waals surface area (Å²) in [5.74, 6) is -1.86. The van der Waals surface area contributed by atoms with Crippen LogP contribution < -0.4 is 5.73 Å². The van der Waals surface area contributed by atoms with Gasteiger partial charge in [-0.1, -0.05) is 170 Å². The third-order valence-electron chi connectivity index (χ3n) is 17.5. The fraction of sp³-hybridized carbons (Fsp3) is 0.342. The smallest absolute Gasteiger partial charge is 0.261 e. The minimum Gasteiger partial charge on any atom is -0.505 e. The first-order chi connectivity index (χ1) is 42.6. The fourth-order valence-corrected chi connectivity index (χ4v) is 13.7. The Labute approximate surface area is 554 Å². The zero-order chi connectivity index (χ0) is 67.9. The molecule has 0 unspecified atom stereocenters. The molecule has 11 rings (SSSR count). The average Bonchev–Trinajstić information content (AvgIpc) is 1.29. The van der Waals surface area contributed by atoms with Crippen molar-refractivity contribution >= 4 is 95.4 Å². The van der Waals surface area contributed by atoms with Crippen molar-refractivity contribution in [1.29, 1.82) is 0 Å². The lowest BCUT2D eigenvalue weighted by atomic mass is 9.70. The van der Waals surface area contributed by atoms with E-state index in [9.17, 15) is 39.0 Å². The van der Waals surface area contributed by atoms with Gasteiger partial charge < -0.3 is 15.9 Å². The number of nitrogens with zero attached hydrogens (tertiary/aromatic N) is 8. The van der Waals surface area contributed by atoms with E-state index in [1.165, 1.54) is 32.0 Å². The Morgan fingerprint density at radius 1 is 0.424 bits per heavy atom. The number of nitrogen functional groups attached to an aromatic ring is 1. The number of hydrogen-bond acceptors (Lipinski definition) is 13. The minimum atomic E-state index is -0.509. The van der Waals surface area contributed by atoms with Gasteiger partial charge in [0.15, 0.2) is 0 Å². The molecule has 8 aromatic rings. The zero-order valence-electron chi connectivity index (χ0n) is 55.2. The largest absolute Gasteiger partial charge is 0.505 e. The predicted molar refractivity (Wildman–Crippen MR) is 366 cm³/mol.